The normalized spacial score (nSPS) is 11.3. The predicted molar refractivity (Wildman–Crippen MR) is 55.5 cm³/mol. The van der Waals surface area contributed by atoms with E-state index in [2.05, 4.69) is 15.9 Å². The second-order valence-electron chi connectivity index (χ2n) is 3.05. The molecule has 16 heavy (non-hydrogen) atoms. The molecular formula is C10H8BrF3O2. The summed E-state index contributed by atoms with van der Waals surface area (Å²) in [6.45, 7) is 0. The minimum atomic E-state index is -4.81. The van der Waals surface area contributed by atoms with Gasteiger partial charge in [0.15, 0.2) is 0 Å². The van der Waals surface area contributed by atoms with Crippen LogP contribution in [0.4, 0.5) is 13.2 Å². The number of hydrogen-bond donors (Lipinski definition) is 0. The summed E-state index contributed by atoms with van der Waals surface area (Å²) < 4.78 is 41.7. The highest BCUT2D eigenvalue weighted by molar-refractivity contribution is 9.10. The summed E-state index contributed by atoms with van der Waals surface area (Å²) in [5.41, 5.74) is 0.208. The lowest BCUT2D eigenvalue weighted by Crippen LogP contribution is -2.24. The summed E-state index contributed by atoms with van der Waals surface area (Å²) in [5.74, 6) is -1.52. The summed E-state index contributed by atoms with van der Waals surface area (Å²) in [6, 6.07) is 4.56. The van der Waals surface area contributed by atoms with Gasteiger partial charge in [-0.2, -0.15) is 13.2 Å². The van der Waals surface area contributed by atoms with E-state index >= 15 is 0 Å². The zero-order chi connectivity index (χ0) is 12.3. The molecule has 88 valence electrons. The van der Waals surface area contributed by atoms with Gasteiger partial charge in [-0.15, -0.1) is 0 Å². The predicted octanol–water partition coefficient (Wildman–Crippen LogP) is 3.13. The zero-order valence-electron chi connectivity index (χ0n) is 8.27. The van der Waals surface area contributed by atoms with Crippen LogP contribution < -0.4 is 4.74 Å². The van der Waals surface area contributed by atoms with E-state index in [1.54, 1.807) is 6.07 Å². The topological polar surface area (TPSA) is 26.3 Å². The van der Waals surface area contributed by atoms with Crippen LogP contribution in [0.15, 0.2) is 22.7 Å². The summed E-state index contributed by atoms with van der Waals surface area (Å²) in [4.78, 5) is 10.8. The first-order chi connectivity index (χ1) is 7.34. The molecule has 0 saturated carbocycles. The van der Waals surface area contributed by atoms with Crippen molar-refractivity contribution in [2.75, 3.05) is 7.11 Å². The second-order valence-corrected chi connectivity index (χ2v) is 3.97. The lowest BCUT2D eigenvalue weighted by molar-refractivity contribution is -0.170. The van der Waals surface area contributed by atoms with E-state index in [-0.39, 0.29) is 11.3 Å². The number of methoxy groups -OCH3 is 1. The lowest BCUT2D eigenvalue weighted by atomic mass is 10.1. The van der Waals surface area contributed by atoms with Crippen LogP contribution in [0, 0.1) is 0 Å². The largest absolute Gasteiger partial charge is 0.496 e. The maximum atomic E-state index is 12.1. The van der Waals surface area contributed by atoms with E-state index in [1.807, 2.05) is 0 Å². The Hall–Kier alpha value is -1.04. The highest BCUT2D eigenvalue weighted by Crippen LogP contribution is 2.26. The molecule has 0 fully saturated rings. The zero-order valence-corrected chi connectivity index (χ0v) is 9.85. The first kappa shape index (κ1) is 13.0. The fourth-order valence-corrected chi connectivity index (χ4v) is 1.57. The number of alkyl halides is 3. The van der Waals surface area contributed by atoms with Crippen molar-refractivity contribution in [2.45, 2.75) is 12.6 Å². The molecule has 0 aromatic heterocycles. The monoisotopic (exact) mass is 296 g/mol. The van der Waals surface area contributed by atoms with Gasteiger partial charge in [-0.1, -0.05) is 15.9 Å². The minimum Gasteiger partial charge on any atom is -0.496 e. The van der Waals surface area contributed by atoms with Crippen molar-refractivity contribution < 1.29 is 22.7 Å². The van der Waals surface area contributed by atoms with Crippen LogP contribution in [-0.2, 0) is 11.2 Å². The molecule has 2 nitrogen and oxygen atoms in total. The minimum absolute atomic E-state index is 0.208. The number of hydrogen-bond acceptors (Lipinski definition) is 2. The molecule has 0 spiro atoms. The Balaban J connectivity index is 2.96. The molecule has 0 N–H and O–H groups in total. The molecule has 0 atom stereocenters. The van der Waals surface area contributed by atoms with E-state index in [0.717, 1.165) is 0 Å². The van der Waals surface area contributed by atoms with Gasteiger partial charge in [0.05, 0.1) is 7.11 Å². The van der Waals surface area contributed by atoms with Crippen molar-refractivity contribution in [1.82, 2.24) is 0 Å². The average molecular weight is 297 g/mol. The number of benzene rings is 1. The second kappa shape index (κ2) is 4.86. The fraction of sp³-hybridized carbons (Fsp3) is 0.300. The van der Waals surface area contributed by atoms with Gasteiger partial charge in [0, 0.05) is 16.5 Å². The molecule has 0 radical (unpaired) electrons. The lowest BCUT2D eigenvalue weighted by Gasteiger charge is -2.09. The Bertz CT molecular complexity index is 402. The van der Waals surface area contributed by atoms with E-state index < -0.39 is 18.4 Å². The van der Waals surface area contributed by atoms with E-state index in [0.29, 0.717) is 4.47 Å². The Labute approximate surface area is 98.5 Å². The van der Waals surface area contributed by atoms with Crippen molar-refractivity contribution in [3.05, 3.63) is 28.2 Å². The maximum Gasteiger partial charge on any atom is 0.450 e. The molecular weight excluding hydrogens is 289 g/mol. The quantitative estimate of drug-likeness (QED) is 0.857. The van der Waals surface area contributed by atoms with Crippen molar-refractivity contribution in [3.8, 4) is 5.75 Å². The molecule has 6 heteroatoms. The van der Waals surface area contributed by atoms with Crippen LogP contribution in [-0.4, -0.2) is 19.1 Å². The molecule has 0 aliphatic rings. The van der Waals surface area contributed by atoms with Crippen LogP contribution in [0.2, 0.25) is 0 Å². The molecule has 1 rings (SSSR count). The van der Waals surface area contributed by atoms with E-state index in [4.69, 9.17) is 4.74 Å². The SMILES string of the molecule is COc1ccc(Br)cc1CC(=O)C(F)(F)F. The Morgan fingerprint density at radius 2 is 2.06 bits per heavy atom. The van der Waals surface area contributed by atoms with Gasteiger partial charge in [-0.25, -0.2) is 0 Å². The highest BCUT2D eigenvalue weighted by atomic mass is 79.9. The molecule has 0 amide bonds. The molecule has 0 bridgehead atoms. The van der Waals surface area contributed by atoms with Crippen LogP contribution >= 0.6 is 15.9 Å². The molecule has 1 aromatic carbocycles. The first-order valence-electron chi connectivity index (χ1n) is 4.27. The molecule has 0 aliphatic carbocycles. The molecule has 0 heterocycles. The van der Waals surface area contributed by atoms with Crippen LogP contribution in [0.5, 0.6) is 5.75 Å². The Morgan fingerprint density at radius 1 is 1.44 bits per heavy atom. The average Bonchev–Trinajstić information content (AvgIpc) is 2.16. The van der Waals surface area contributed by atoms with Crippen LogP contribution in [0.3, 0.4) is 0 Å². The molecule has 1 aromatic rings. The molecule has 0 unspecified atom stereocenters. The van der Waals surface area contributed by atoms with Gasteiger partial charge in [-0.05, 0) is 18.2 Å². The summed E-state index contributed by atoms with van der Waals surface area (Å²) in [7, 11) is 1.34. The van der Waals surface area contributed by atoms with E-state index in [1.165, 1.54) is 19.2 Å². The first-order valence-corrected chi connectivity index (χ1v) is 5.06. The third kappa shape index (κ3) is 3.23. The van der Waals surface area contributed by atoms with Gasteiger partial charge < -0.3 is 4.74 Å². The summed E-state index contributed by atoms with van der Waals surface area (Å²) in [5, 5.41) is 0. The van der Waals surface area contributed by atoms with Crippen molar-refractivity contribution in [2.24, 2.45) is 0 Å². The number of Topliss-reactive ketones (excluding diaryl/α,β-unsaturated/α-hetero) is 1. The van der Waals surface area contributed by atoms with E-state index in [9.17, 15) is 18.0 Å². The van der Waals surface area contributed by atoms with Crippen molar-refractivity contribution in [3.63, 3.8) is 0 Å². The van der Waals surface area contributed by atoms with Gasteiger partial charge in [0.25, 0.3) is 0 Å². The third-order valence-electron chi connectivity index (χ3n) is 1.91. The maximum absolute atomic E-state index is 12.1. The van der Waals surface area contributed by atoms with Gasteiger partial charge in [-0.3, -0.25) is 4.79 Å². The summed E-state index contributed by atoms with van der Waals surface area (Å²) in [6.07, 6.45) is -5.53. The number of halogens is 4. The third-order valence-corrected chi connectivity index (χ3v) is 2.40. The number of ketones is 1. The number of carbonyl (C=O) groups excluding carboxylic acids is 1. The number of ether oxygens (including phenoxy) is 1. The van der Waals surface area contributed by atoms with Crippen molar-refractivity contribution in [1.29, 1.82) is 0 Å². The van der Waals surface area contributed by atoms with Crippen LogP contribution in [0.1, 0.15) is 5.56 Å². The standard InChI is InChI=1S/C10H8BrF3O2/c1-16-8-3-2-7(11)4-6(8)5-9(15)10(12,13)14/h2-4H,5H2,1H3. The number of carbonyl (C=O) groups is 1. The molecule has 0 aliphatic heterocycles. The van der Waals surface area contributed by atoms with Crippen molar-refractivity contribution >= 4 is 21.7 Å². The Morgan fingerprint density at radius 3 is 2.56 bits per heavy atom. The highest BCUT2D eigenvalue weighted by Gasteiger charge is 2.38. The Kier molecular flexibility index (Phi) is 3.96. The smallest absolute Gasteiger partial charge is 0.450 e. The summed E-state index contributed by atoms with van der Waals surface area (Å²) >= 11 is 3.12. The molecule has 0 saturated heterocycles. The fourth-order valence-electron chi connectivity index (χ4n) is 1.16. The van der Waals surface area contributed by atoms with Gasteiger partial charge in [0.2, 0.25) is 5.78 Å². The van der Waals surface area contributed by atoms with Gasteiger partial charge >= 0.3 is 6.18 Å². The van der Waals surface area contributed by atoms with Crippen LogP contribution in [0.25, 0.3) is 0 Å². The van der Waals surface area contributed by atoms with Gasteiger partial charge in [0.1, 0.15) is 5.75 Å². The number of rotatable bonds is 3.